The van der Waals surface area contributed by atoms with Crippen molar-refractivity contribution in [3.63, 3.8) is 0 Å². The molecule has 1 aliphatic heterocycles. The van der Waals surface area contributed by atoms with Crippen LogP contribution in [0.3, 0.4) is 0 Å². The second-order valence-corrected chi connectivity index (χ2v) is 6.64. The highest BCUT2D eigenvalue weighted by Crippen LogP contribution is 2.30. The van der Waals surface area contributed by atoms with E-state index in [1.165, 1.54) is 10.5 Å². The number of fused-ring (bicyclic) bond motifs is 1. The van der Waals surface area contributed by atoms with Gasteiger partial charge in [0.1, 0.15) is 10.5 Å². The average Bonchev–Trinajstić information content (AvgIpc) is 2.86. The van der Waals surface area contributed by atoms with E-state index in [1.807, 2.05) is 0 Å². The third-order valence-electron chi connectivity index (χ3n) is 3.18. The average molecular weight is 301 g/mol. The molecule has 1 saturated heterocycles. The zero-order valence-corrected chi connectivity index (χ0v) is 11.6. The lowest BCUT2D eigenvalue weighted by Gasteiger charge is -2.26. The summed E-state index contributed by atoms with van der Waals surface area (Å²) >= 11 is 6.09. The predicted octanol–water partition coefficient (Wildman–Crippen LogP) is 0.810. The third-order valence-corrected chi connectivity index (χ3v) is 5.42. The first-order valence-corrected chi connectivity index (χ1v) is 7.75. The highest BCUT2D eigenvalue weighted by Gasteiger charge is 2.29. The molecule has 2 N–H and O–H groups in total. The second kappa shape index (κ2) is 4.75. The minimum Gasteiger partial charge on any atom is -0.345 e. The largest absolute Gasteiger partial charge is 0.345 e. The second-order valence-electron chi connectivity index (χ2n) is 4.32. The summed E-state index contributed by atoms with van der Waals surface area (Å²) in [7, 11) is -3.53. The molecule has 0 radical (unpaired) electrons. The van der Waals surface area contributed by atoms with Gasteiger partial charge in [-0.1, -0.05) is 11.6 Å². The number of pyridine rings is 1. The minimum atomic E-state index is -3.53. The molecule has 1 aliphatic rings. The van der Waals surface area contributed by atoms with Crippen molar-refractivity contribution in [2.45, 2.75) is 4.90 Å². The van der Waals surface area contributed by atoms with Crippen molar-refractivity contribution in [2.75, 3.05) is 26.2 Å². The quantitative estimate of drug-likeness (QED) is 0.860. The molecule has 6 nitrogen and oxygen atoms in total. The summed E-state index contributed by atoms with van der Waals surface area (Å²) in [5.74, 6) is 0. The highest BCUT2D eigenvalue weighted by molar-refractivity contribution is 7.89. The number of hydrogen-bond donors (Lipinski definition) is 2. The number of aromatic nitrogens is 2. The molecule has 0 unspecified atom stereocenters. The van der Waals surface area contributed by atoms with Crippen molar-refractivity contribution in [1.29, 1.82) is 0 Å². The van der Waals surface area contributed by atoms with Crippen LogP contribution in [0.5, 0.6) is 0 Å². The van der Waals surface area contributed by atoms with Crippen LogP contribution in [-0.2, 0) is 10.0 Å². The Labute approximate surface area is 115 Å². The number of H-pyrrole nitrogens is 1. The molecule has 19 heavy (non-hydrogen) atoms. The van der Waals surface area contributed by atoms with E-state index in [1.54, 1.807) is 12.3 Å². The predicted molar refractivity (Wildman–Crippen MR) is 72.7 cm³/mol. The van der Waals surface area contributed by atoms with Gasteiger partial charge in [-0.15, -0.1) is 0 Å². The van der Waals surface area contributed by atoms with Gasteiger partial charge in [-0.3, -0.25) is 0 Å². The first kappa shape index (κ1) is 12.9. The lowest BCUT2D eigenvalue weighted by atomic mass is 10.3. The van der Waals surface area contributed by atoms with Crippen LogP contribution in [0.25, 0.3) is 11.0 Å². The van der Waals surface area contributed by atoms with E-state index in [9.17, 15) is 8.42 Å². The summed E-state index contributed by atoms with van der Waals surface area (Å²) in [6.07, 6.45) is 3.00. The SMILES string of the molecule is O=S(=O)(c1c[nH]c2nccc(Cl)c12)N1CCNCC1. The maximum atomic E-state index is 12.6. The number of rotatable bonds is 2. The lowest BCUT2D eigenvalue weighted by molar-refractivity contribution is 0.360. The van der Waals surface area contributed by atoms with Crippen LogP contribution in [0.4, 0.5) is 0 Å². The Balaban J connectivity index is 2.13. The summed E-state index contributed by atoms with van der Waals surface area (Å²) < 4.78 is 26.7. The molecule has 1 fully saturated rings. The summed E-state index contributed by atoms with van der Waals surface area (Å²) in [5, 5.41) is 3.98. The highest BCUT2D eigenvalue weighted by atomic mass is 35.5. The van der Waals surface area contributed by atoms with Gasteiger partial charge in [-0.2, -0.15) is 4.31 Å². The topological polar surface area (TPSA) is 78.1 Å². The molecule has 3 heterocycles. The Kier molecular flexibility index (Phi) is 3.22. The van der Waals surface area contributed by atoms with Crippen LogP contribution in [0.1, 0.15) is 0 Å². The standard InChI is InChI=1S/C11H13ClN4O2S/c12-8-1-2-14-11-10(8)9(7-15-11)19(17,18)16-5-3-13-4-6-16/h1-2,7,13H,3-6H2,(H,14,15). The summed E-state index contributed by atoms with van der Waals surface area (Å²) in [5.41, 5.74) is 0.487. The van der Waals surface area contributed by atoms with Gasteiger partial charge in [0.25, 0.3) is 0 Å². The molecule has 0 aromatic carbocycles. The number of aromatic amines is 1. The van der Waals surface area contributed by atoms with Gasteiger partial charge in [0.2, 0.25) is 10.0 Å². The zero-order valence-electron chi connectivity index (χ0n) is 10.1. The van der Waals surface area contributed by atoms with Crippen molar-refractivity contribution in [1.82, 2.24) is 19.6 Å². The maximum absolute atomic E-state index is 12.6. The molecule has 0 saturated carbocycles. The van der Waals surface area contributed by atoms with E-state index < -0.39 is 10.0 Å². The van der Waals surface area contributed by atoms with Gasteiger partial charge < -0.3 is 10.3 Å². The Hall–Kier alpha value is -1.15. The first-order chi connectivity index (χ1) is 9.10. The normalized spacial score (nSPS) is 17.9. The molecule has 0 bridgehead atoms. The van der Waals surface area contributed by atoms with E-state index in [4.69, 9.17) is 11.6 Å². The summed E-state index contributed by atoms with van der Waals surface area (Å²) in [6.45, 7) is 2.25. The van der Waals surface area contributed by atoms with Gasteiger partial charge in [-0.25, -0.2) is 13.4 Å². The van der Waals surface area contributed by atoms with Gasteiger partial charge in [-0.05, 0) is 6.07 Å². The number of halogens is 1. The number of nitrogens with one attached hydrogen (secondary N) is 2. The van der Waals surface area contributed by atoms with Gasteiger partial charge in [0.15, 0.2) is 0 Å². The van der Waals surface area contributed by atoms with Crippen LogP contribution in [-0.4, -0.2) is 48.9 Å². The number of piperazine rings is 1. The maximum Gasteiger partial charge on any atom is 0.245 e. The van der Waals surface area contributed by atoms with E-state index in [0.717, 1.165) is 0 Å². The van der Waals surface area contributed by atoms with Crippen LogP contribution in [0.2, 0.25) is 5.02 Å². The van der Waals surface area contributed by atoms with E-state index in [2.05, 4.69) is 15.3 Å². The van der Waals surface area contributed by atoms with Crippen LogP contribution in [0.15, 0.2) is 23.4 Å². The fraction of sp³-hybridized carbons (Fsp3) is 0.364. The number of hydrogen-bond acceptors (Lipinski definition) is 4. The van der Waals surface area contributed by atoms with E-state index in [-0.39, 0.29) is 4.90 Å². The summed E-state index contributed by atoms with van der Waals surface area (Å²) in [6, 6.07) is 1.59. The van der Waals surface area contributed by atoms with Crippen molar-refractivity contribution in [2.24, 2.45) is 0 Å². The molecular formula is C11H13ClN4O2S. The molecule has 0 spiro atoms. The van der Waals surface area contributed by atoms with Gasteiger partial charge >= 0.3 is 0 Å². The van der Waals surface area contributed by atoms with Crippen molar-refractivity contribution in [3.8, 4) is 0 Å². The van der Waals surface area contributed by atoms with Gasteiger partial charge in [0, 0.05) is 38.6 Å². The molecule has 3 rings (SSSR count). The molecule has 2 aromatic rings. The molecule has 0 atom stereocenters. The van der Waals surface area contributed by atoms with Crippen molar-refractivity contribution in [3.05, 3.63) is 23.5 Å². The molecule has 8 heteroatoms. The lowest BCUT2D eigenvalue weighted by Crippen LogP contribution is -2.46. The minimum absolute atomic E-state index is 0.197. The Bertz CT molecular complexity index is 707. The Morgan fingerprint density at radius 1 is 1.32 bits per heavy atom. The van der Waals surface area contributed by atoms with E-state index >= 15 is 0 Å². The molecular weight excluding hydrogens is 288 g/mol. The van der Waals surface area contributed by atoms with Crippen molar-refractivity contribution < 1.29 is 8.42 Å². The zero-order chi connectivity index (χ0) is 13.5. The molecule has 102 valence electrons. The molecule has 2 aromatic heterocycles. The van der Waals surface area contributed by atoms with Crippen molar-refractivity contribution >= 4 is 32.7 Å². The molecule has 0 aliphatic carbocycles. The smallest absolute Gasteiger partial charge is 0.245 e. The number of nitrogens with zero attached hydrogens (tertiary/aromatic N) is 2. The Morgan fingerprint density at radius 2 is 2.05 bits per heavy atom. The van der Waals surface area contributed by atoms with Crippen LogP contribution >= 0.6 is 11.6 Å². The fourth-order valence-electron chi connectivity index (χ4n) is 2.22. The Morgan fingerprint density at radius 3 is 2.79 bits per heavy atom. The monoisotopic (exact) mass is 300 g/mol. The summed E-state index contributed by atoms with van der Waals surface area (Å²) in [4.78, 5) is 7.14. The number of sulfonamides is 1. The van der Waals surface area contributed by atoms with E-state index in [0.29, 0.717) is 42.2 Å². The third kappa shape index (κ3) is 2.12. The van der Waals surface area contributed by atoms with Crippen LogP contribution < -0.4 is 5.32 Å². The van der Waals surface area contributed by atoms with Gasteiger partial charge in [0.05, 0.1) is 10.4 Å². The molecule has 0 amide bonds. The fourth-order valence-corrected chi connectivity index (χ4v) is 4.13. The first-order valence-electron chi connectivity index (χ1n) is 5.93. The van der Waals surface area contributed by atoms with Crippen LogP contribution in [0, 0.1) is 0 Å².